The van der Waals surface area contributed by atoms with Gasteiger partial charge in [-0.3, -0.25) is 19.6 Å². The Bertz CT molecular complexity index is 1140. The zero-order valence-electron chi connectivity index (χ0n) is 16.3. The molecule has 10 nitrogen and oxygen atoms in total. The van der Waals surface area contributed by atoms with Crippen molar-refractivity contribution in [3.05, 3.63) is 76.0 Å². The molecule has 3 rings (SSSR count). The fraction of sp³-hybridized carbons (Fsp3) is 0.211. The van der Waals surface area contributed by atoms with Crippen LogP contribution in [0.4, 0.5) is 24.5 Å². The van der Waals surface area contributed by atoms with E-state index in [0.29, 0.717) is 11.8 Å². The van der Waals surface area contributed by atoms with Gasteiger partial charge in [-0.05, 0) is 31.2 Å². The second kappa shape index (κ2) is 8.91. The second-order valence-electron chi connectivity index (χ2n) is 6.49. The number of hydrogen-bond acceptors (Lipinski definition) is 7. The van der Waals surface area contributed by atoms with Gasteiger partial charge in [0.1, 0.15) is 5.76 Å². The number of nitro groups is 1. The number of rotatable bonds is 7. The Labute approximate surface area is 177 Å². The quantitative estimate of drug-likeness (QED) is 0.329. The van der Waals surface area contributed by atoms with E-state index in [0.717, 1.165) is 19.1 Å². The Morgan fingerprint density at radius 3 is 2.69 bits per heavy atom. The number of non-ortho nitro benzene ring substituents is 1. The largest absolute Gasteiger partial charge is 0.452 e. The van der Waals surface area contributed by atoms with Crippen molar-refractivity contribution in [1.82, 2.24) is 9.78 Å². The molecular formula is C19H15F3N4O6. The fourth-order valence-electron chi connectivity index (χ4n) is 2.62. The van der Waals surface area contributed by atoms with Crippen molar-refractivity contribution in [3.8, 4) is 0 Å². The summed E-state index contributed by atoms with van der Waals surface area (Å²) in [6.07, 6.45) is -3.21. The smallest absolute Gasteiger partial charge is 0.418 e. The normalized spacial score (nSPS) is 12.2. The lowest BCUT2D eigenvalue weighted by molar-refractivity contribution is -0.385. The van der Waals surface area contributed by atoms with Gasteiger partial charge in [-0.2, -0.15) is 18.3 Å². The summed E-state index contributed by atoms with van der Waals surface area (Å²) in [6.45, 7) is 1.40. The lowest BCUT2D eigenvalue weighted by Gasteiger charge is -2.16. The third kappa shape index (κ3) is 5.30. The van der Waals surface area contributed by atoms with Gasteiger partial charge in [-0.15, -0.1) is 0 Å². The maximum absolute atomic E-state index is 13.2. The topological polar surface area (TPSA) is 130 Å². The van der Waals surface area contributed by atoms with Crippen LogP contribution in [-0.4, -0.2) is 32.7 Å². The Kier molecular flexibility index (Phi) is 6.27. The third-order valence-corrected chi connectivity index (χ3v) is 4.17. The second-order valence-corrected chi connectivity index (χ2v) is 6.49. The maximum atomic E-state index is 13.2. The lowest BCUT2D eigenvalue weighted by atomic mass is 10.1. The van der Waals surface area contributed by atoms with Gasteiger partial charge in [0, 0.05) is 24.5 Å². The molecule has 1 atom stereocenters. The van der Waals surface area contributed by atoms with Gasteiger partial charge in [0.15, 0.2) is 6.10 Å². The SMILES string of the molecule is CC(OC(=O)c1ccc(Cn2cccn2)o1)C(=O)Nc1ccc([N+](=O)[O-])cc1C(F)(F)F. The number of furan rings is 1. The highest BCUT2D eigenvalue weighted by atomic mass is 19.4. The molecule has 0 saturated heterocycles. The molecule has 0 radical (unpaired) electrons. The number of alkyl halides is 3. The summed E-state index contributed by atoms with van der Waals surface area (Å²) in [5.74, 6) is -1.89. The molecule has 0 fully saturated rings. The summed E-state index contributed by atoms with van der Waals surface area (Å²) in [4.78, 5) is 34.2. The van der Waals surface area contributed by atoms with Crippen molar-refractivity contribution in [2.45, 2.75) is 25.7 Å². The number of nitrogens with zero attached hydrogens (tertiary/aromatic N) is 3. The number of carbonyl (C=O) groups is 2. The van der Waals surface area contributed by atoms with Gasteiger partial charge >= 0.3 is 12.1 Å². The first-order valence-corrected chi connectivity index (χ1v) is 8.98. The van der Waals surface area contributed by atoms with E-state index in [1.807, 2.05) is 5.32 Å². The van der Waals surface area contributed by atoms with Crippen LogP contribution in [0.25, 0.3) is 0 Å². The number of ether oxygens (including phenoxy) is 1. The molecule has 13 heteroatoms. The van der Waals surface area contributed by atoms with Crippen LogP contribution >= 0.6 is 0 Å². The van der Waals surface area contributed by atoms with Gasteiger partial charge in [0.2, 0.25) is 5.76 Å². The zero-order chi connectivity index (χ0) is 23.5. The highest BCUT2D eigenvalue weighted by molar-refractivity contribution is 5.97. The average molecular weight is 452 g/mol. The number of hydrogen-bond donors (Lipinski definition) is 1. The number of benzene rings is 1. The van der Waals surface area contributed by atoms with Gasteiger partial charge in [-0.25, -0.2) is 4.79 Å². The number of amides is 1. The minimum Gasteiger partial charge on any atom is -0.452 e. The minimum atomic E-state index is -4.96. The molecule has 1 N–H and O–H groups in total. The molecule has 2 aromatic heterocycles. The molecule has 1 amide bonds. The van der Waals surface area contributed by atoms with Crippen LogP contribution in [-0.2, 0) is 22.3 Å². The summed E-state index contributed by atoms with van der Waals surface area (Å²) < 4.78 is 51.5. The molecule has 0 saturated carbocycles. The van der Waals surface area contributed by atoms with Crippen LogP contribution in [0.3, 0.4) is 0 Å². The number of esters is 1. The van der Waals surface area contributed by atoms with Crippen molar-refractivity contribution in [1.29, 1.82) is 0 Å². The highest BCUT2D eigenvalue weighted by Crippen LogP contribution is 2.37. The molecule has 168 valence electrons. The van der Waals surface area contributed by atoms with Crippen LogP contribution in [0.5, 0.6) is 0 Å². The van der Waals surface area contributed by atoms with Crippen LogP contribution in [0, 0.1) is 10.1 Å². The molecule has 1 unspecified atom stereocenters. The predicted octanol–water partition coefficient (Wildman–Crippen LogP) is 3.64. The van der Waals surface area contributed by atoms with E-state index >= 15 is 0 Å². The van der Waals surface area contributed by atoms with Crippen LogP contribution in [0.1, 0.15) is 28.8 Å². The van der Waals surface area contributed by atoms with Gasteiger partial charge < -0.3 is 14.5 Å². The lowest BCUT2D eigenvalue weighted by Crippen LogP contribution is -2.30. The summed E-state index contributed by atoms with van der Waals surface area (Å²) in [5.41, 5.74) is -2.91. The van der Waals surface area contributed by atoms with Crippen molar-refractivity contribution >= 4 is 23.3 Å². The molecule has 1 aromatic carbocycles. The molecule has 2 heterocycles. The van der Waals surface area contributed by atoms with E-state index < -0.39 is 46.0 Å². The van der Waals surface area contributed by atoms with Crippen molar-refractivity contribution < 1.29 is 36.8 Å². The first kappa shape index (κ1) is 22.5. The van der Waals surface area contributed by atoms with E-state index in [1.165, 1.54) is 12.1 Å². The first-order valence-electron chi connectivity index (χ1n) is 8.98. The van der Waals surface area contributed by atoms with E-state index in [9.17, 15) is 32.9 Å². The molecule has 32 heavy (non-hydrogen) atoms. The monoisotopic (exact) mass is 452 g/mol. The Morgan fingerprint density at radius 1 is 1.31 bits per heavy atom. The van der Waals surface area contributed by atoms with E-state index in [1.54, 1.807) is 23.1 Å². The van der Waals surface area contributed by atoms with E-state index in [4.69, 9.17) is 9.15 Å². The standard InChI is InChI=1S/C19H15F3N4O6/c1-11(31-18(28)16-6-4-13(32-16)10-25-8-2-7-23-25)17(27)24-15-5-3-12(26(29)30)9-14(15)19(20,21)22/h2-9,11H,10H2,1H3,(H,24,27). The summed E-state index contributed by atoms with van der Waals surface area (Å²) >= 11 is 0. The van der Waals surface area contributed by atoms with Crippen molar-refractivity contribution in [3.63, 3.8) is 0 Å². The summed E-state index contributed by atoms with van der Waals surface area (Å²) in [7, 11) is 0. The molecular weight excluding hydrogens is 437 g/mol. The van der Waals surface area contributed by atoms with Gasteiger partial charge in [-0.1, -0.05) is 0 Å². The van der Waals surface area contributed by atoms with Crippen LogP contribution in [0.15, 0.2) is 53.2 Å². The molecule has 3 aromatic rings. The van der Waals surface area contributed by atoms with Crippen molar-refractivity contribution in [2.75, 3.05) is 5.32 Å². The Balaban J connectivity index is 1.67. The van der Waals surface area contributed by atoms with E-state index in [-0.39, 0.29) is 12.3 Å². The number of nitrogens with one attached hydrogen (secondary N) is 1. The number of carbonyl (C=O) groups excluding carboxylic acids is 2. The molecule has 0 aliphatic carbocycles. The fourth-order valence-corrected chi connectivity index (χ4v) is 2.62. The third-order valence-electron chi connectivity index (χ3n) is 4.17. The Hall–Kier alpha value is -4.16. The maximum Gasteiger partial charge on any atom is 0.418 e. The molecule has 0 aliphatic rings. The van der Waals surface area contributed by atoms with Gasteiger partial charge in [0.05, 0.1) is 22.7 Å². The number of anilines is 1. The number of halogens is 3. The molecule has 0 spiro atoms. The zero-order valence-corrected chi connectivity index (χ0v) is 16.3. The van der Waals surface area contributed by atoms with Crippen molar-refractivity contribution in [2.24, 2.45) is 0 Å². The summed E-state index contributed by atoms with van der Waals surface area (Å²) in [5, 5.41) is 16.7. The number of nitro benzene ring substituents is 1. The molecule has 0 aliphatic heterocycles. The predicted molar refractivity (Wildman–Crippen MR) is 102 cm³/mol. The summed E-state index contributed by atoms with van der Waals surface area (Å²) in [6, 6.07) is 6.40. The van der Waals surface area contributed by atoms with Crippen LogP contribution < -0.4 is 5.32 Å². The minimum absolute atomic E-state index is 0.210. The number of aromatic nitrogens is 2. The highest BCUT2D eigenvalue weighted by Gasteiger charge is 2.36. The average Bonchev–Trinajstić information content (AvgIpc) is 3.39. The first-order chi connectivity index (χ1) is 15.0. The van der Waals surface area contributed by atoms with E-state index in [2.05, 4.69) is 5.10 Å². The molecule has 0 bridgehead atoms. The Morgan fingerprint density at radius 2 is 2.06 bits per heavy atom. The van der Waals surface area contributed by atoms with Gasteiger partial charge in [0.25, 0.3) is 11.6 Å². The van der Waals surface area contributed by atoms with Crippen LogP contribution in [0.2, 0.25) is 0 Å².